The number of alkyl halides is 3. The summed E-state index contributed by atoms with van der Waals surface area (Å²) in [6.45, 7) is 2.02. The Morgan fingerprint density at radius 3 is 2.57 bits per heavy atom. The number of hydrogen-bond donors (Lipinski definition) is 3. The van der Waals surface area contributed by atoms with E-state index in [4.69, 9.17) is 19.7 Å². The van der Waals surface area contributed by atoms with Crippen molar-refractivity contribution in [3.63, 3.8) is 0 Å². The highest BCUT2D eigenvalue weighted by Gasteiger charge is 2.38. The fraction of sp³-hybridized carbons (Fsp3) is 0.294. The van der Waals surface area contributed by atoms with Crippen molar-refractivity contribution in [2.75, 3.05) is 11.9 Å². The molecule has 8 nitrogen and oxygen atoms in total. The molecule has 0 bridgehead atoms. The highest BCUT2D eigenvalue weighted by atomic mass is 32.1. The zero-order valence-electron chi connectivity index (χ0n) is 15.0. The lowest BCUT2D eigenvalue weighted by molar-refractivity contribution is -0.192. The Labute approximate surface area is 175 Å². The Morgan fingerprint density at radius 2 is 1.93 bits per heavy atom. The maximum absolute atomic E-state index is 11.0. The molecule has 0 spiro atoms. The number of aliphatic carboxylic acids is 1. The number of aromatic carboxylic acids is 1. The minimum absolute atomic E-state index is 0.278. The number of carboxylic acid groups (broad SMARTS) is 2. The summed E-state index contributed by atoms with van der Waals surface area (Å²) >= 11 is 3.12. The molecular formula is C17H14F3N3O5S2. The largest absolute Gasteiger partial charge is 0.490 e. The minimum Gasteiger partial charge on any atom is -0.478 e. The standard InChI is InChI=1S/C15H13N3O3S2.C2HF3O2/c19-14(20)8-1-2-9-11(5-8)23-15(18-9)16-6-13-17-10-3-4-21-7-12(10)22-13;3-2(4,5)1(6)7/h1-2,5H,3-4,6-7H2,(H,16,18)(H,19,20);(H,6,7). The van der Waals surface area contributed by atoms with Gasteiger partial charge >= 0.3 is 18.1 Å². The van der Waals surface area contributed by atoms with Crippen molar-refractivity contribution in [3.05, 3.63) is 39.3 Å². The number of ether oxygens (including phenoxy) is 1. The van der Waals surface area contributed by atoms with Crippen LogP contribution in [0.5, 0.6) is 0 Å². The van der Waals surface area contributed by atoms with Crippen LogP contribution in [0.2, 0.25) is 0 Å². The third-order valence-corrected chi connectivity index (χ3v) is 5.85. The quantitative estimate of drug-likeness (QED) is 0.537. The van der Waals surface area contributed by atoms with Gasteiger partial charge < -0.3 is 20.3 Å². The Balaban J connectivity index is 0.000000318. The number of carboxylic acids is 2. The van der Waals surface area contributed by atoms with Crippen LogP contribution in [0.15, 0.2) is 18.2 Å². The van der Waals surface area contributed by atoms with Crippen molar-refractivity contribution in [2.24, 2.45) is 0 Å². The van der Waals surface area contributed by atoms with Crippen LogP contribution in [0, 0.1) is 0 Å². The van der Waals surface area contributed by atoms with Gasteiger partial charge in [-0.3, -0.25) is 0 Å². The number of rotatable bonds is 4. The molecule has 0 saturated carbocycles. The molecule has 1 aliphatic rings. The summed E-state index contributed by atoms with van der Waals surface area (Å²) in [6.07, 6.45) is -4.20. The molecule has 4 rings (SSSR count). The Bertz CT molecular complexity index is 1060. The predicted octanol–water partition coefficient (Wildman–Crippen LogP) is 3.77. The molecule has 3 N–H and O–H groups in total. The van der Waals surface area contributed by atoms with Crippen LogP contribution in [0.3, 0.4) is 0 Å². The first-order valence-electron chi connectivity index (χ1n) is 8.36. The molecular weight excluding hydrogens is 447 g/mol. The van der Waals surface area contributed by atoms with E-state index >= 15 is 0 Å². The van der Waals surface area contributed by atoms with Gasteiger partial charge in [-0.05, 0) is 18.2 Å². The van der Waals surface area contributed by atoms with Crippen molar-refractivity contribution < 1.29 is 37.7 Å². The number of fused-ring (bicyclic) bond motifs is 2. The molecule has 30 heavy (non-hydrogen) atoms. The molecule has 3 heterocycles. The van der Waals surface area contributed by atoms with E-state index in [1.807, 2.05) is 0 Å². The van der Waals surface area contributed by atoms with E-state index in [1.54, 1.807) is 29.5 Å². The van der Waals surface area contributed by atoms with Gasteiger partial charge in [0.15, 0.2) is 5.13 Å². The van der Waals surface area contributed by atoms with Gasteiger partial charge in [-0.25, -0.2) is 19.6 Å². The molecule has 0 radical (unpaired) electrons. The van der Waals surface area contributed by atoms with Gasteiger partial charge in [0, 0.05) is 6.42 Å². The van der Waals surface area contributed by atoms with Gasteiger partial charge in [-0.15, -0.1) is 11.3 Å². The second-order valence-electron chi connectivity index (χ2n) is 5.94. The second-order valence-corrected chi connectivity index (χ2v) is 8.14. The van der Waals surface area contributed by atoms with E-state index in [9.17, 15) is 18.0 Å². The third-order valence-electron chi connectivity index (χ3n) is 3.81. The molecule has 0 saturated heterocycles. The van der Waals surface area contributed by atoms with Gasteiger partial charge in [-0.2, -0.15) is 13.2 Å². The lowest BCUT2D eigenvalue weighted by atomic mass is 10.2. The molecule has 0 unspecified atom stereocenters. The van der Waals surface area contributed by atoms with Crippen LogP contribution in [0.25, 0.3) is 10.2 Å². The number of nitrogens with zero attached hydrogens (tertiary/aromatic N) is 2. The number of hydrogen-bond acceptors (Lipinski definition) is 8. The van der Waals surface area contributed by atoms with E-state index < -0.39 is 18.1 Å². The summed E-state index contributed by atoms with van der Waals surface area (Å²) in [5.41, 5.74) is 2.23. The molecule has 160 valence electrons. The maximum atomic E-state index is 11.0. The summed E-state index contributed by atoms with van der Waals surface area (Å²) in [4.78, 5) is 30.2. The minimum atomic E-state index is -5.08. The lowest BCUT2D eigenvalue weighted by Crippen LogP contribution is -2.21. The van der Waals surface area contributed by atoms with Crippen LogP contribution in [0.4, 0.5) is 18.3 Å². The molecule has 2 aromatic heterocycles. The predicted molar refractivity (Wildman–Crippen MR) is 103 cm³/mol. The summed E-state index contributed by atoms with van der Waals surface area (Å²) in [7, 11) is 0. The van der Waals surface area contributed by atoms with Crippen LogP contribution in [0.1, 0.15) is 25.9 Å². The van der Waals surface area contributed by atoms with Gasteiger partial charge in [0.05, 0.1) is 46.1 Å². The van der Waals surface area contributed by atoms with Crippen molar-refractivity contribution in [3.8, 4) is 0 Å². The molecule has 13 heteroatoms. The summed E-state index contributed by atoms with van der Waals surface area (Å²) < 4.78 is 38.0. The first-order chi connectivity index (χ1) is 14.1. The molecule has 1 aliphatic heterocycles. The zero-order chi connectivity index (χ0) is 21.9. The average molecular weight is 461 g/mol. The van der Waals surface area contributed by atoms with E-state index in [-0.39, 0.29) is 5.56 Å². The molecule has 0 atom stereocenters. The van der Waals surface area contributed by atoms with Gasteiger partial charge in [-0.1, -0.05) is 11.3 Å². The number of benzene rings is 1. The zero-order valence-corrected chi connectivity index (χ0v) is 16.7. The van der Waals surface area contributed by atoms with Crippen molar-refractivity contribution in [2.45, 2.75) is 25.7 Å². The number of halogens is 3. The topological polar surface area (TPSA) is 122 Å². The molecule has 3 aromatic rings. The number of aromatic nitrogens is 2. The van der Waals surface area contributed by atoms with Crippen LogP contribution in [-0.4, -0.2) is 44.9 Å². The maximum Gasteiger partial charge on any atom is 0.490 e. The monoisotopic (exact) mass is 461 g/mol. The van der Waals surface area contributed by atoms with Gasteiger partial charge in [0.2, 0.25) is 0 Å². The second kappa shape index (κ2) is 8.93. The SMILES string of the molecule is O=C(O)C(F)(F)F.O=C(O)c1ccc2nc(NCc3nc4c(s3)COCC4)sc2c1. The number of carbonyl (C=O) groups is 2. The highest BCUT2D eigenvalue weighted by Crippen LogP contribution is 2.28. The Hall–Kier alpha value is -2.77. The smallest absolute Gasteiger partial charge is 0.478 e. The summed E-state index contributed by atoms with van der Waals surface area (Å²) in [5.74, 6) is -3.68. The summed E-state index contributed by atoms with van der Waals surface area (Å²) in [6, 6.07) is 4.96. The number of thiazole rings is 2. The highest BCUT2D eigenvalue weighted by molar-refractivity contribution is 7.22. The van der Waals surface area contributed by atoms with Crippen LogP contribution >= 0.6 is 22.7 Å². The van der Waals surface area contributed by atoms with Crippen molar-refractivity contribution in [1.82, 2.24) is 9.97 Å². The fourth-order valence-corrected chi connectivity index (χ4v) is 4.33. The molecule has 1 aromatic carbocycles. The Morgan fingerprint density at radius 1 is 1.20 bits per heavy atom. The van der Waals surface area contributed by atoms with Gasteiger partial charge in [0.25, 0.3) is 0 Å². The van der Waals surface area contributed by atoms with Crippen LogP contribution < -0.4 is 5.32 Å². The average Bonchev–Trinajstić information content (AvgIpc) is 3.28. The first kappa shape index (κ1) is 21.9. The van der Waals surface area contributed by atoms with Gasteiger partial charge in [0.1, 0.15) is 5.01 Å². The van der Waals surface area contributed by atoms with Crippen molar-refractivity contribution >= 4 is 50.0 Å². The number of nitrogens with one attached hydrogen (secondary N) is 1. The molecule has 0 amide bonds. The third kappa shape index (κ3) is 5.43. The summed E-state index contributed by atoms with van der Waals surface area (Å²) in [5, 5.41) is 21.2. The first-order valence-corrected chi connectivity index (χ1v) is 10.00. The normalized spacial score (nSPS) is 13.3. The fourth-order valence-electron chi connectivity index (χ4n) is 2.44. The van der Waals surface area contributed by atoms with E-state index in [0.29, 0.717) is 13.2 Å². The molecule has 0 aliphatic carbocycles. The lowest BCUT2D eigenvalue weighted by Gasteiger charge is -2.08. The Kier molecular flexibility index (Phi) is 6.53. The van der Waals surface area contributed by atoms with E-state index in [2.05, 4.69) is 15.3 Å². The van der Waals surface area contributed by atoms with Crippen molar-refractivity contribution in [1.29, 1.82) is 0 Å². The van der Waals surface area contributed by atoms with E-state index in [1.165, 1.54) is 16.2 Å². The number of anilines is 1. The molecule has 0 fully saturated rings. The van der Waals surface area contributed by atoms with E-state index in [0.717, 1.165) is 39.1 Å². The van der Waals surface area contributed by atoms with Crippen LogP contribution in [-0.2, 0) is 29.1 Å².